The lowest BCUT2D eigenvalue weighted by atomic mass is 10.1. The molecular formula is C26H23NO3. The third-order valence-corrected chi connectivity index (χ3v) is 4.71. The zero-order valence-corrected chi connectivity index (χ0v) is 16.8. The molecule has 150 valence electrons. The number of ether oxygens (including phenoxy) is 2. The molecule has 4 aromatic rings. The molecule has 0 atom stereocenters. The zero-order valence-electron chi connectivity index (χ0n) is 16.8. The standard InChI is InChI=1S/C26H23NO3/c1-2-29-24-13-7-11-21(26(24)28)15-17-22-16-14-20-10-6-12-23(25(20)27-22)30-18-19-8-4-3-5-9-19/h3-17,28H,2,18H2,1H3/b17-15+. The Hall–Kier alpha value is -3.79. The predicted molar refractivity (Wildman–Crippen MR) is 121 cm³/mol. The van der Waals surface area contributed by atoms with Crippen molar-refractivity contribution in [3.63, 3.8) is 0 Å². The van der Waals surface area contributed by atoms with Gasteiger partial charge in [-0.3, -0.25) is 0 Å². The maximum atomic E-state index is 10.4. The summed E-state index contributed by atoms with van der Waals surface area (Å²) < 4.78 is 11.5. The lowest BCUT2D eigenvalue weighted by Gasteiger charge is -2.09. The SMILES string of the molecule is CCOc1cccc(/C=C/c2ccc3cccc(OCc4ccccc4)c3n2)c1O. The number of phenols is 1. The van der Waals surface area contributed by atoms with Gasteiger partial charge in [0.15, 0.2) is 11.5 Å². The van der Waals surface area contributed by atoms with Gasteiger partial charge in [0.1, 0.15) is 17.9 Å². The Labute approximate surface area is 176 Å². The maximum absolute atomic E-state index is 10.4. The summed E-state index contributed by atoms with van der Waals surface area (Å²) in [7, 11) is 0. The Kier molecular flexibility index (Phi) is 5.95. The van der Waals surface area contributed by atoms with Crippen LogP contribution in [0.5, 0.6) is 17.2 Å². The third-order valence-electron chi connectivity index (χ3n) is 4.71. The van der Waals surface area contributed by atoms with E-state index in [4.69, 9.17) is 14.5 Å². The number of nitrogens with zero attached hydrogens (tertiary/aromatic N) is 1. The van der Waals surface area contributed by atoms with E-state index in [9.17, 15) is 5.11 Å². The Bertz CT molecular complexity index is 1170. The van der Waals surface area contributed by atoms with Crippen molar-refractivity contribution in [3.05, 3.63) is 95.7 Å². The van der Waals surface area contributed by atoms with Crippen molar-refractivity contribution in [1.82, 2.24) is 4.98 Å². The summed E-state index contributed by atoms with van der Waals surface area (Å²) in [5, 5.41) is 11.4. The van der Waals surface area contributed by atoms with Gasteiger partial charge in [-0.15, -0.1) is 0 Å². The second kappa shape index (κ2) is 9.14. The highest BCUT2D eigenvalue weighted by Crippen LogP contribution is 2.31. The van der Waals surface area contributed by atoms with Gasteiger partial charge in [0, 0.05) is 10.9 Å². The fraction of sp³-hybridized carbons (Fsp3) is 0.115. The molecule has 30 heavy (non-hydrogen) atoms. The summed E-state index contributed by atoms with van der Waals surface area (Å²) in [5.41, 5.74) is 3.37. The summed E-state index contributed by atoms with van der Waals surface area (Å²) in [4.78, 5) is 4.77. The Morgan fingerprint density at radius 3 is 2.43 bits per heavy atom. The molecule has 4 rings (SSSR count). The number of pyridine rings is 1. The van der Waals surface area contributed by atoms with Crippen LogP contribution in [-0.4, -0.2) is 16.7 Å². The van der Waals surface area contributed by atoms with Crippen LogP contribution in [0.3, 0.4) is 0 Å². The molecule has 4 nitrogen and oxygen atoms in total. The third kappa shape index (κ3) is 4.44. The Morgan fingerprint density at radius 2 is 1.60 bits per heavy atom. The molecule has 0 radical (unpaired) electrons. The van der Waals surface area contributed by atoms with Crippen molar-refractivity contribution in [3.8, 4) is 17.2 Å². The van der Waals surface area contributed by atoms with Crippen LogP contribution in [0.1, 0.15) is 23.7 Å². The van der Waals surface area contributed by atoms with Gasteiger partial charge in [-0.2, -0.15) is 0 Å². The van der Waals surface area contributed by atoms with Gasteiger partial charge in [0.25, 0.3) is 0 Å². The molecule has 3 aromatic carbocycles. The molecule has 1 aromatic heterocycles. The van der Waals surface area contributed by atoms with E-state index in [1.807, 2.05) is 91.9 Å². The summed E-state index contributed by atoms with van der Waals surface area (Å²) in [6, 6.07) is 25.4. The van der Waals surface area contributed by atoms with E-state index >= 15 is 0 Å². The first-order valence-electron chi connectivity index (χ1n) is 9.94. The number of phenolic OH excluding ortho intramolecular Hbond substituents is 1. The van der Waals surface area contributed by atoms with Gasteiger partial charge < -0.3 is 14.6 Å². The van der Waals surface area contributed by atoms with E-state index in [0.29, 0.717) is 24.5 Å². The number of aromatic hydroxyl groups is 1. The van der Waals surface area contributed by atoms with E-state index in [1.165, 1.54) is 0 Å². The summed E-state index contributed by atoms with van der Waals surface area (Å²) in [5.74, 6) is 1.35. The monoisotopic (exact) mass is 397 g/mol. The van der Waals surface area contributed by atoms with Gasteiger partial charge in [-0.25, -0.2) is 4.98 Å². The predicted octanol–water partition coefficient (Wildman–Crippen LogP) is 6.09. The molecule has 0 aliphatic heterocycles. The Morgan fingerprint density at radius 1 is 0.800 bits per heavy atom. The maximum Gasteiger partial charge on any atom is 0.165 e. The molecule has 1 heterocycles. The highest BCUT2D eigenvalue weighted by Gasteiger charge is 2.07. The van der Waals surface area contributed by atoms with Crippen LogP contribution in [0.4, 0.5) is 0 Å². The van der Waals surface area contributed by atoms with Crippen molar-refractivity contribution in [2.75, 3.05) is 6.61 Å². The van der Waals surface area contributed by atoms with E-state index < -0.39 is 0 Å². The zero-order chi connectivity index (χ0) is 20.8. The number of aromatic nitrogens is 1. The van der Waals surface area contributed by atoms with Crippen molar-refractivity contribution in [2.45, 2.75) is 13.5 Å². The van der Waals surface area contributed by atoms with E-state index in [1.54, 1.807) is 6.07 Å². The average Bonchev–Trinajstić information content (AvgIpc) is 2.79. The molecule has 0 spiro atoms. The number of rotatable bonds is 7. The minimum atomic E-state index is 0.128. The van der Waals surface area contributed by atoms with E-state index in [0.717, 1.165) is 27.9 Å². The highest BCUT2D eigenvalue weighted by atomic mass is 16.5. The Balaban J connectivity index is 1.60. The normalized spacial score (nSPS) is 11.1. The molecule has 0 aliphatic carbocycles. The molecule has 0 unspecified atom stereocenters. The first-order chi connectivity index (χ1) is 14.7. The number of benzene rings is 3. The molecule has 4 heteroatoms. The summed E-state index contributed by atoms with van der Waals surface area (Å²) >= 11 is 0. The van der Waals surface area contributed by atoms with Gasteiger partial charge >= 0.3 is 0 Å². The van der Waals surface area contributed by atoms with Gasteiger partial charge in [0.05, 0.1) is 12.3 Å². The van der Waals surface area contributed by atoms with Crippen LogP contribution in [-0.2, 0) is 6.61 Å². The molecule has 1 N–H and O–H groups in total. The van der Waals surface area contributed by atoms with Crippen LogP contribution in [0.15, 0.2) is 78.9 Å². The van der Waals surface area contributed by atoms with Gasteiger partial charge in [-0.1, -0.05) is 60.7 Å². The highest BCUT2D eigenvalue weighted by molar-refractivity contribution is 5.86. The van der Waals surface area contributed by atoms with Crippen molar-refractivity contribution < 1.29 is 14.6 Å². The van der Waals surface area contributed by atoms with Crippen molar-refractivity contribution in [2.24, 2.45) is 0 Å². The minimum Gasteiger partial charge on any atom is -0.504 e. The molecule has 0 amide bonds. The van der Waals surface area contributed by atoms with E-state index in [-0.39, 0.29) is 5.75 Å². The van der Waals surface area contributed by atoms with Crippen molar-refractivity contribution in [1.29, 1.82) is 0 Å². The molecule has 0 aliphatic rings. The van der Waals surface area contributed by atoms with Crippen LogP contribution in [0, 0.1) is 0 Å². The largest absolute Gasteiger partial charge is 0.504 e. The lowest BCUT2D eigenvalue weighted by Crippen LogP contribution is -1.97. The van der Waals surface area contributed by atoms with Crippen LogP contribution in [0.2, 0.25) is 0 Å². The van der Waals surface area contributed by atoms with Crippen LogP contribution >= 0.6 is 0 Å². The smallest absolute Gasteiger partial charge is 0.165 e. The lowest BCUT2D eigenvalue weighted by molar-refractivity contribution is 0.309. The number of fused-ring (bicyclic) bond motifs is 1. The second-order valence-corrected chi connectivity index (χ2v) is 6.80. The van der Waals surface area contributed by atoms with Crippen LogP contribution < -0.4 is 9.47 Å². The number of hydrogen-bond acceptors (Lipinski definition) is 4. The summed E-state index contributed by atoms with van der Waals surface area (Å²) in [6.07, 6.45) is 3.71. The topological polar surface area (TPSA) is 51.6 Å². The fourth-order valence-corrected chi connectivity index (χ4v) is 3.20. The minimum absolute atomic E-state index is 0.128. The fourth-order valence-electron chi connectivity index (χ4n) is 3.20. The molecule has 0 fully saturated rings. The van der Waals surface area contributed by atoms with E-state index in [2.05, 4.69) is 0 Å². The molecule has 0 bridgehead atoms. The molecule has 0 saturated heterocycles. The average molecular weight is 397 g/mol. The number of para-hydroxylation sites is 2. The number of hydrogen-bond donors (Lipinski definition) is 1. The first kappa shape index (κ1) is 19.5. The first-order valence-corrected chi connectivity index (χ1v) is 9.94. The molecular weight excluding hydrogens is 374 g/mol. The van der Waals surface area contributed by atoms with Crippen molar-refractivity contribution >= 4 is 23.1 Å². The summed E-state index contributed by atoms with van der Waals surface area (Å²) in [6.45, 7) is 2.87. The quantitative estimate of drug-likeness (QED) is 0.410. The van der Waals surface area contributed by atoms with Gasteiger partial charge in [0.2, 0.25) is 0 Å². The molecule has 0 saturated carbocycles. The van der Waals surface area contributed by atoms with Gasteiger partial charge in [-0.05, 0) is 42.8 Å². The van der Waals surface area contributed by atoms with Crippen LogP contribution in [0.25, 0.3) is 23.1 Å². The second-order valence-electron chi connectivity index (χ2n) is 6.80.